The molecule has 0 radical (unpaired) electrons. The number of hydrogen-bond donors (Lipinski definition) is 0. The lowest BCUT2D eigenvalue weighted by atomic mass is 10.0. The van der Waals surface area contributed by atoms with Gasteiger partial charge in [0, 0.05) is 11.6 Å². The SMILES string of the molecule is COc1cc(OC)c2c(OC)c(C#Cc3ccccc3)c(Br)c(OC)c2c1OC. The minimum Gasteiger partial charge on any atom is -0.496 e. The van der Waals surface area contributed by atoms with Crippen molar-refractivity contribution in [2.75, 3.05) is 35.5 Å². The molecule has 0 N–H and O–H groups in total. The molecule has 0 aliphatic heterocycles. The van der Waals surface area contributed by atoms with Gasteiger partial charge in [0.15, 0.2) is 11.5 Å². The van der Waals surface area contributed by atoms with Crippen LogP contribution in [0.2, 0.25) is 0 Å². The van der Waals surface area contributed by atoms with Crippen LogP contribution in [0.15, 0.2) is 40.9 Å². The van der Waals surface area contributed by atoms with Crippen LogP contribution in [-0.4, -0.2) is 35.5 Å². The zero-order valence-electron chi connectivity index (χ0n) is 16.9. The lowest BCUT2D eigenvalue weighted by Crippen LogP contribution is -2.01. The van der Waals surface area contributed by atoms with Crippen molar-refractivity contribution in [3.63, 3.8) is 0 Å². The van der Waals surface area contributed by atoms with Crippen molar-refractivity contribution in [3.8, 4) is 40.6 Å². The van der Waals surface area contributed by atoms with E-state index in [4.69, 9.17) is 23.7 Å². The van der Waals surface area contributed by atoms with Crippen LogP contribution in [-0.2, 0) is 0 Å². The quantitative estimate of drug-likeness (QED) is 0.503. The standard InChI is InChI=1S/C23H21BrO5/c1-25-16-13-17(26-2)22(28-4)19-18(16)21(27-3)15(20(24)23(19)29-5)12-11-14-9-7-6-8-10-14/h6-10,13H,1-5H3. The summed E-state index contributed by atoms with van der Waals surface area (Å²) < 4.78 is 28.9. The Balaban J connectivity index is 2.47. The van der Waals surface area contributed by atoms with Crippen LogP contribution >= 0.6 is 15.9 Å². The van der Waals surface area contributed by atoms with Gasteiger partial charge in [-0.1, -0.05) is 30.0 Å². The molecule has 0 heterocycles. The zero-order chi connectivity index (χ0) is 21.0. The normalized spacial score (nSPS) is 10.1. The van der Waals surface area contributed by atoms with Crippen LogP contribution < -0.4 is 23.7 Å². The maximum Gasteiger partial charge on any atom is 0.172 e. The number of halogens is 1. The third-order valence-corrected chi connectivity index (χ3v) is 5.22. The highest BCUT2D eigenvalue weighted by atomic mass is 79.9. The molecule has 3 aromatic rings. The van der Waals surface area contributed by atoms with Crippen LogP contribution in [0.3, 0.4) is 0 Å². The summed E-state index contributed by atoms with van der Waals surface area (Å²) in [6.07, 6.45) is 0. The summed E-state index contributed by atoms with van der Waals surface area (Å²) in [6.45, 7) is 0. The number of ether oxygens (including phenoxy) is 5. The smallest absolute Gasteiger partial charge is 0.172 e. The Morgan fingerprint density at radius 3 is 1.83 bits per heavy atom. The molecule has 150 valence electrons. The van der Waals surface area contributed by atoms with E-state index in [1.807, 2.05) is 30.3 Å². The minimum absolute atomic E-state index is 0.515. The summed E-state index contributed by atoms with van der Waals surface area (Å²) in [6, 6.07) is 11.5. The summed E-state index contributed by atoms with van der Waals surface area (Å²) in [7, 11) is 7.92. The van der Waals surface area contributed by atoms with Crippen LogP contribution in [0.4, 0.5) is 0 Å². The van der Waals surface area contributed by atoms with Gasteiger partial charge in [0.25, 0.3) is 0 Å². The fourth-order valence-electron chi connectivity index (χ4n) is 3.19. The van der Waals surface area contributed by atoms with Crippen molar-refractivity contribution in [3.05, 3.63) is 52.0 Å². The largest absolute Gasteiger partial charge is 0.496 e. The van der Waals surface area contributed by atoms with Gasteiger partial charge >= 0.3 is 0 Å². The summed E-state index contributed by atoms with van der Waals surface area (Å²) in [5, 5.41) is 1.35. The zero-order valence-corrected chi connectivity index (χ0v) is 18.5. The van der Waals surface area contributed by atoms with Gasteiger partial charge in [-0.25, -0.2) is 0 Å². The molecule has 0 fully saturated rings. The molecule has 0 saturated heterocycles. The first kappa shape index (κ1) is 20.7. The third-order valence-electron chi connectivity index (χ3n) is 4.47. The van der Waals surface area contributed by atoms with E-state index in [0.717, 1.165) is 5.56 Å². The molecule has 0 saturated carbocycles. The lowest BCUT2D eigenvalue weighted by Gasteiger charge is -2.20. The van der Waals surface area contributed by atoms with E-state index < -0.39 is 0 Å². The highest BCUT2D eigenvalue weighted by Gasteiger charge is 2.27. The first-order valence-corrected chi connectivity index (χ1v) is 9.53. The highest BCUT2D eigenvalue weighted by molar-refractivity contribution is 9.10. The molecule has 0 aliphatic rings. The minimum atomic E-state index is 0.515. The van der Waals surface area contributed by atoms with E-state index in [0.29, 0.717) is 49.6 Å². The number of hydrogen-bond acceptors (Lipinski definition) is 5. The molecule has 29 heavy (non-hydrogen) atoms. The summed E-state index contributed by atoms with van der Waals surface area (Å²) in [4.78, 5) is 0. The molecule has 3 rings (SSSR count). The fraction of sp³-hybridized carbons (Fsp3) is 0.217. The lowest BCUT2D eigenvalue weighted by molar-refractivity contribution is 0.350. The number of fused-ring (bicyclic) bond motifs is 1. The van der Waals surface area contributed by atoms with Gasteiger partial charge in [0.1, 0.15) is 17.2 Å². The first-order valence-electron chi connectivity index (χ1n) is 8.74. The van der Waals surface area contributed by atoms with Crippen molar-refractivity contribution in [1.82, 2.24) is 0 Å². The van der Waals surface area contributed by atoms with Crippen LogP contribution in [0.5, 0.6) is 28.7 Å². The van der Waals surface area contributed by atoms with Gasteiger partial charge in [0.2, 0.25) is 0 Å². The van der Waals surface area contributed by atoms with E-state index in [1.165, 1.54) is 0 Å². The molecule has 0 amide bonds. The third kappa shape index (κ3) is 3.66. The highest BCUT2D eigenvalue weighted by Crippen LogP contribution is 2.53. The van der Waals surface area contributed by atoms with Gasteiger partial charge < -0.3 is 23.7 Å². The van der Waals surface area contributed by atoms with Crippen LogP contribution in [0.25, 0.3) is 10.8 Å². The van der Waals surface area contributed by atoms with E-state index in [2.05, 4.69) is 27.8 Å². The van der Waals surface area contributed by atoms with Crippen LogP contribution in [0.1, 0.15) is 11.1 Å². The average molecular weight is 457 g/mol. The Morgan fingerprint density at radius 1 is 0.655 bits per heavy atom. The van der Waals surface area contributed by atoms with Gasteiger partial charge in [-0.05, 0) is 28.1 Å². The predicted octanol–water partition coefficient (Wildman–Crippen LogP) is 5.05. The monoisotopic (exact) mass is 456 g/mol. The van der Waals surface area contributed by atoms with Crippen molar-refractivity contribution in [1.29, 1.82) is 0 Å². The van der Waals surface area contributed by atoms with E-state index in [-0.39, 0.29) is 0 Å². The molecular formula is C23H21BrO5. The van der Waals surface area contributed by atoms with E-state index in [1.54, 1.807) is 41.6 Å². The van der Waals surface area contributed by atoms with Crippen molar-refractivity contribution < 1.29 is 23.7 Å². The second-order valence-electron chi connectivity index (χ2n) is 5.94. The van der Waals surface area contributed by atoms with Gasteiger partial charge in [-0.15, -0.1) is 0 Å². The molecule has 3 aromatic carbocycles. The Morgan fingerprint density at radius 2 is 1.28 bits per heavy atom. The second kappa shape index (κ2) is 8.97. The second-order valence-corrected chi connectivity index (χ2v) is 6.73. The molecule has 0 spiro atoms. The number of benzene rings is 3. The average Bonchev–Trinajstić information content (AvgIpc) is 2.76. The molecule has 0 bridgehead atoms. The Kier molecular flexibility index (Phi) is 6.40. The maximum absolute atomic E-state index is 5.78. The van der Waals surface area contributed by atoms with Crippen LogP contribution in [0, 0.1) is 11.8 Å². The first-order chi connectivity index (χ1) is 14.1. The molecule has 5 nitrogen and oxygen atoms in total. The van der Waals surface area contributed by atoms with Crippen molar-refractivity contribution in [2.45, 2.75) is 0 Å². The summed E-state index contributed by atoms with van der Waals surface area (Å²) >= 11 is 3.64. The van der Waals surface area contributed by atoms with Gasteiger partial charge in [-0.2, -0.15) is 0 Å². The Hall–Kier alpha value is -3.04. The fourth-order valence-corrected chi connectivity index (χ4v) is 3.82. The predicted molar refractivity (Wildman–Crippen MR) is 117 cm³/mol. The van der Waals surface area contributed by atoms with Gasteiger partial charge in [-0.3, -0.25) is 0 Å². The topological polar surface area (TPSA) is 46.2 Å². The van der Waals surface area contributed by atoms with E-state index >= 15 is 0 Å². The molecule has 6 heteroatoms. The summed E-state index contributed by atoms with van der Waals surface area (Å²) in [5.41, 5.74) is 1.53. The number of rotatable bonds is 5. The molecule has 0 atom stereocenters. The number of methoxy groups -OCH3 is 5. The molecule has 0 aromatic heterocycles. The molecular weight excluding hydrogens is 436 g/mol. The van der Waals surface area contributed by atoms with Gasteiger partial charge in [0.05, 0.1) is 56.4 Å². The van der Waals surface area contributed by atoms with Crippen molar-refractivity contribution >= 4 is 26.7 Å². The Bertz CT molecular complexity index is 1100. The molecule has 0 aliphatic carbocycles. The van der Waals surface area contributed by atoms with E-state index in [9.17, 15) is 0 Å². The Labute approximate surface area is 178 Å². The summed E-state index contributed by atoms with van der Waals surface area (Å²) in [5.74, 6) is 9.07. The maximum atomic E-state index is 5.78. The molecule has 0 unspecified atom stereocenters. The van der Waals surface area contributed by atoms with Crippen molar-refractivity contribution in [2.24, 2.45) is 0 Å².